The molecule has 5 unspecified atom stereocenters. The van der Waals surface area contributed by atoms with Gasteiger partial charge < -0.3 is 5.11 Å². The fraction of sp³-hybridized carbons (Fsp3) is 0.793. The molecule has 4 saturated carbocycles. The zero-order valence-electron chi connectivity index (χ0n) is 19.5. The lowest BCUT2D eigenvalue weighted by molar-refractivity contribution is -0.127. The van der Waals surface area contributed by atoms with Crippen molar-refractivity contribution < 1.29 is 5.11 Å². The van der Waals surface area contributed by atoms with Crippen LogP contribution in [0.1, 0.15) is 96.5 Å². The van der Waals surface area contributed by atoms with Crippen LogP contribution in [-0.2, 0) is 6.42 Å². The molecule has 0 radical (unpaired) electrons. The molecule has 1 aromatic carbocycles. The van der Waals surface area contributed by atoms with E-state index in [1.165, 1.54) is 76.2 Å². The van der Waals surface area contributed by atoms with E-state index in [-0.39, 0.29) is 6.10 Å². The quantitative estimate of drug-likeness (QED) is 0.503. The standard InChI is InChI=1S/C29H44O/c1-28-19-17-27-25(14-12-23-20-24(30)16-18-29(23,27)2)26(28)15-13-22(28)11-7-6-10-21-8-4-3-5-9-21/h3-5,8-9,22-27,30H,6-7,10-20H2,1-2H3/t22-,23?,24-,25?,26?,27?,28+,29?/m0/s1. The Kier molecular flexibility index (Phi) is 5.80. The highest BCUT2D eigenvalue weighted by Crippen LogP contribution is 2.67. The molecule has 8 atom stereocenters. The summed E-state index contributed by atoms with van der Waals surface area (Å²) >= 11 is 0. The molecule has 0 spiro atoms. The number of hydrogen-bond donors (Lipinski definition) is 1. The maximum atomic E-state index is 10.3. The number of benzene rings is 1. The maximum absolute atomic E-state index is 10.3. The molecule has 5 rings (SSSR count). The van der Waals surface area contributed by atoms with Crippen LogP contribution in [0, 0.1) is 40.4 Å². The van der Waals surface area contributed by atoms with Crippen molar-refractivity contribution in [1.82, 2.24) is 0 Å². The summed E-state index contributed by atoms with van der Waals surface area (Å²) in [6, 6.07) is 11.1. The Balaban J connectivity index is 1.21. The van der Waals surface area contributed by atoms with E-state index in [4.69, 9.17) is 0 Å². The van der Waals surface area contributed by atoms with Gasteiger partial charge in [-0.05, 0) is 123 Å². The van der Waals surface area contributed by atoms with Gasteiger partial charge >= 0.3 is 0 Å². The summed E-state index contributed by atoms with van der Waals surface area (Å²) in [5.41, 5.74) is 2.65. The van der Waals surface area contributed by atoms with Crippen LogP contribution in [0.3, 0.4) is 0 Å². The van der Waals surface area contributed by atoms with Crippen molar-refractivity contribution >= 4 is 0 Å². The summed E-state index contributed by atoms with van der Waals surface area (Å²) in [4.78, 5) is 0. The van der Waals surface area contributed by atoms with Gasteiger partial charge in [0.1, 0.15) is 0 Å². The number of fused-ring (bicyclic) bond motifs is 5. The first kappa shape index (κ1) is 21.0. The number of aliphatic hydroxyl groups excluding tert-OH is 1. The first-order valence-electron chi connectivity index (χ1n) is 13.2. The predicted molar refractivity (Wildman–Crippen MR) is 125 cm³/mol. The zero-order chi connectivity index (χ0) is 20.8. The van der Waals surface area contributed by atoms with E-state index in [0.717, 1.165) is 42.4 Å². The Morgan fingerprint density at radius 3 is 2.43 bits per heavy atom. The normalized spacial score (nSPS) is 45.4. The van der Waals surface area contributed by atoms with Crippen LogP contribution < -0.4 is 0 Å². The van der Waals surface area contributed by atoms with Crippen LogP contribution >= 0.6 is 0 Å². The van der Waals surface area contributed by atoms with Gasteiger partial charge in [-0.2, -0.15) is 0 Å². The second-order valence-corrected chi connectivity index (χ2v) is 12.1. The largest absolute Gasteiger partial charge is 0.393 e. The van der Waals surface area contributed by atoms with Crippen LogP contribution in [0.4, 0.5) is 0 Å². The van der Waals surface area contributed by atoms with Crippen molar-refractivity contribution in [2.24, 2.45) is 40.4 Å². The van der Waals surface area contributed by atoms with Gasteiger partial charge in [0.05, 0.1) is 6.10 Å². The Morgan fingerprint density at radius 1 is 0.833 bits per heavy atom. The summed E-state index contributed by atoms with van der Waals surface area (Å²) in [5.74, 6) is 4.67. The van der Waals surface area contributed by atoms with Crippen LogP contribution in [0.5, 0.6) is 0 Å². The third-order valence-electron chi connectivity index (χ3n) is 10.9. The van der Waals surface area contributed by atoms with Gasteiger partial charge in [0.15, 0.2) is 0 Å². The predicted octanol–water partition coefficient (Wildman–Crippen LogP) is 7.42. The van der Waals surface area contributed by atoms with E-state index in [2.05, 4.69) is 44.2 Å². The van der Waals surface area contributed by atoms with E-state index in [1.807, 2.05) is 0 Å². The Hall–Kier alpha value is -0.820. The van der Waals surface area contributed by atoms with Crippen LogP contribution in [0.25, 0.3) is 0 Å². The van der Waals surface area contributed by atoms with Crippen LogP contribution in [0.2, 0.25) is 0 Å². The van der Waals surface area contributed by atoms with E-state index < -0.39 is 0 Å². The molecule has 166 valence electrons. The highest BCUT2D eigenvalue weighted by atomic mass is 16.3. The first-order chi connectivity index (χ1) is 14.5. The Bertz CT molecular complexity index is 712. The van der Waals surface area contributed by atoms with Crippen LogP contribution in [-0.4, -0.2) is 11.2 Å². The first-order valence-corrected chi connectivity index (χ1v) is 13.2. The van der Waals surface area contributed by atoms with Crippen molar-refractivity contribution in [3.63, 3.8) is 0 Å². The number of hydrogen-bond acceptors (Lipinski definition) is 1. The molecule has 1 N–H and O–H groups in total. The van der Waals surface area contributed by atoms with Crippen molar-refractivity contribution in [2.45, 2.75) is 103 Å². The van der Waals surface area contributed by atoms with Gasteiger partial charge in [-0.15, -0.1) is 0 Å². The molecule has 4 aliphatic rings. The van der Waals surface area contributed by atoms with Gasteiger partial charge in [-0.1, -0.05) is 50.6 Å². The van der Waals surface area contributed by atoms with Gasteiger partial charge in [0.2, 0.25) is 0 Å². The van der Waals surface area contributed by atoms with Gasteiger partial charge in [0, 0.05) is 0 Å². The molecule has 0 amide bonds. The molecule has 4 aliphatic carbocycles. The molecule has 30 heavy (non-hydrogen) atoms. The Labute approximate surface area is 185 Å². The summed E-state index contributed by atoms with van der Waals surface area (Å²) < 4.78 is 0. The molecule has 0 saturated heterocycles. The Morgan fingerprint density at radius 2 is 1.60 bits per heavy atom. The van der Waals surface area contributed by atoms with E-state index in [0.29, 0.717) is 10.8 Å². The highest BCUT2D eigenvalue weighted by molar-refractivity contribution is 5.14. The fourth-order valence-electron chi connectivity index (χ4n) is 9.18. The number of aliphatic hydroxyl groups is 1. The minimum atomic E-state index is -0.0137. The minimum absolute atomic E-state index is 0.0137. The SMILES string of the molecule is CC12CC[C@H](O)CC1CCC1C2CC[C@@]2(C)C1CC[C@@H]2CCCCc1ccccc1. The van der Waals surface area contributed by atoms with Gasteiger partial charge in [-0.25, -0.2) is 0 Å². The second kappa shape index (κ2) is 8.27. The molecule has 1 heteroatoms. The smallest absolute Gasteiger partial charge is 0.0543 e. The average molecular weight is 409 g/mol. The van der Waals surface area contributed by atoms with Crippen LogP contribution in [0.15, 0.2) is 30.3 Å². The number of unbranched alkanes of at least 4 members (excludes halogenated alkanes) is 1. The topological polar surface area (TPSA) is 20.2 Å². The van der Waals surface area contributed by atoms with Crippen molar-refractivity contribution in [1.29, 1.82) is 0 Å². The molecular weight excluding hydrogens is 364 g/mol. The lowest BCUT2D eigenvalue weighted by Gasteiger charge is -2.61. The maximum Gasteiger partial charge on any atom is 0.0543 e. The summed E-state index contributed by atoms with van der Waals surface area (Å²) in [7, 11) is 0. The molecule has 1 nitrogen and oxygen atoms in total. The minimum Gasteiger partial charge on any atom is -0.393 e. The lowest BCUT2D eigenvalue weighted by atomic mass is 9.44. The number of aryl methyl sites for hydroxylation is 1. The van der Waals surface area contributed by atoms with Gasteiger partial charge in [0.25, 0.3) is 0 Å². The second-order valence-electron chi connectivity index (χ2n) is 12.1. The zero-order valence-corrected chi connectivity index (χ0v) is 19.5. The summed E-state index contributed by atoms with van der Waals surface area (Å²) in [5, 5.41) is 10.3. The average Bonchev–Trinajstić information content (AvgIpc) is 3.09. The summed E-state index contributed by atoms with van der Waals surface area (Å²) in [6.45, 7) is 5.32. The van der Waals surface area contributed by atoms with E-state index in [1.54, 1.807) is 0 Å². The molecule has 4 fully saturated rings. The third-order valence-corrected chi connectivity index (χ3v) is 10.9. The molecule has 0 heterocycles. The lowest BCUT2D eigenvalue weighted by Crippen LogP contribution is -2.53. The van der Waals surface area contributed by atoms with Crippen molar-refractivity contribution in [3.05, 3.63) is 35.9 Å². The summed E-state index contributed by atoms with van der Waals surface area (Å²) in [6.07, 6.45) is 17.7. The van der Waals surface area contributed by atoms with E-state index >= 15 is 0 Å². The molecule has 0 aromatic heterocycles. The fourth-order valence-corrected chi connectivity index (χ4v) is 9.18. The van der Waals surface area contributed by atoms with Crippen molar-refractivity contribution in [3.8, 4) is 0 Å². The third kappa shape index (κ3) is 3.58. The van der Waals surface area contributed by atoms with E-state index in [9.17, 15) is 5.11 Å². The molecule has 1 aromatic rings. The molecule has 0 bridgehead atoms. The number of rotatable bonds is 5. The van der Waals surface area contributed by atoms with Crippen molar-refractivity contribution in [2.75, 3.05) is 0 Å². The molecule has 0 aliphatic heterocycles. The highest BCUT2D eigenvalue weighted by Gasteiger charge is 2.59. The monoisotopic (exact) mass is 408 g/mol. The molecular formula is C29H44O. The van der Waals surface area contributed by atoms with Gasteiger partial charge in [-0.3, -0.25) is 0 Å².